The summed E-state index contributed by atoms with van der Waals surface area (Å²) in [5.41, 5.74) is 0.449. The number of nitrogens with one attached hydrogen (secondary N) is 3. The second-order valence-electron chi connectivity index (χ2n) is 11.6. The first-order chi connectivity index (χ1) is 15.9. The molecule has 4 aliphatic rings. The molecule has 1 spiro atoms. The van der Waals surface area contributed by atoms with Gasteiger partial charge in [-0.1, -0.05) is 12.2 Å². The summed E-state index contributed by atoms with van der Waals surface area (Å²) in [7, 11) is 0. The summed E-state index contributed by atoms with van der Waals surface area (Å²) in [6.07, 6.45) is 5.18. The Morgan fingerprint density at radius 2 is 1.74 bits per heavy atom. The van der Waals surface area contributed by atoms with E-state index >= 15 is 0 Å². The number of fused-ring (bicyclic) bond motifs is 1. The van der Waals surface area contributed by atoms with E-state index in [1.54, 1.807) is 17.0 Å². The summed E-state index contributed by atoms with van der Waals surface area (Å²) in [5.74, 6) is -1.42. The molecule has 0 aliphatic carbocycles. The number of hydrogen-bond donors (Lipinski definition) is 3. The summed E-state index contributed by atoms with van der Waals surface area (Å²) in [6.45, 7) is 10.4. The van der Waals surface area contributed by atoms with Crippen LogP contribution < -0.4 is 20.9 Å². The van der Waals surface area contributed by atoms with E-state index in [-0.39, 0.29) is 40.9 Å². The molecule has 8 heteroatoms. The number of amides is 3. The maximum absolute atomic E-state index is 13.6. The molecule has 0 saturated carbocycles. The Hall–Kier alpha value is -2.71. The molecular weight excluding hydrogens is 432 g/mol. The lowest BCUT2D eigenvalue weighted by Crippen LogP contribution is -2.62. The predicted octanol–water partition coefficient (Wildman–Crippen LogP) is 2.36. The minimum absolute atomic E-state index is 0.0340. The molecule has 0 aromatic heterocycles. The van der Waals surface area contributed by atoms with Gasteiger partial charge in [0.2, 0.25) is 17.7 Å². The molecule has 5 rings (SSSR count). The van der Waals surface area contributed by atoms with Crippen LogP contribution in [0, 0.1) is 11.8 Å². The number of hydrogen-bond acceptors (Lipinski definition) is 5. The Morgan fingerprint density at radius 3 is 2.35 bits per heavy atom. The summed E-state index contributed by atoms with van der Waals surface area (Å²) < 4.78 is 6.28. The fourth-order valence-electron chi connectivity index (χ4n) is 6.67. The topological polar surface area (TPSA) is 99.8 Å². The maximum atomic E-state index is 13.6. The highest BCUT2D eigenvalue weighted by atomic mass is 16.5. The van der Waals surface area contributed by atoms with E-state index in [0.717, 1.165) is 18.5 Å². The van der Waals surface area contributed by atoms with Gasteiger partial charge in [0.1, 0.15) is 5.60 Å². The van der Waals surface area contributed by atoms with Gasteiger partial charge in [-0.05, 0) is 64.8 Å². The van der Waals surface area contributed by atoms with Gasteiger partial charge in [-0.2, -0.15) is 0 Å². The average Bonchev–Trinajstić information content (AvgIpc) is 3.34. The Morgan fingerprint density at radius 1 is 1.09 bits per heavy atom. The third kappa shape index (κ3) is 3.92. The van der Waals surface area contributed by atoms with Crippen molar-refractivity contribution in [3.8, 4) is 0 Å². The van der Waals surface area contributed by atoms with E-state index in [0.29, 0.717) is 12.2 Å². The zero-order valence-electron chi connectivity index (χ0n) is 20.5. The normalized spacial score (nSPS) is 33.1. The van der Waals surface area contributed by atoms with Gasteiger partial charge in [-0.15, -0.1) is 0 Å². The van der Waals surface area contributed by atoms with Crippen molar-refractivity contribution in [3.05, 3.63) is 36.4 Å². The van der Waals surface area contributed by atoms with Gasteiger partial charge in [0.05, 0.1) is 24.5 Å². The number of benzene rings is 1. The second-order valence-corrected chi connectivity index (χ2v) is 11.6. The van der Waals surface area contributed by atoms with Crippen LogP contribution in [-0.4, -0.2) is 53.1 Å². The molecule has 3 N–H and O–H groups in total. The molecule has 4 atom stereocenters. The molecule has 1 aromatic rings. The summed E-state index contributed by atoms with van der Waals surface area (Å²) in [4.78, 5) is 40.1. The molecule has 1 aromatic carbocycles. The number of carbonyl (C=O) groups is 3. The van der Waals surface area contributed by atoms with Crippen LogP contribution >= 0.6 is 0 Å². The third-order valence-corrected chi connectivity index (χ3v) is 7.44. The van der Waals surface area contributed by atoms with Crippen LogP contribution in [0.15, 0.2) is 36.4 Å². The molecule has 4 aliphatic heterocycles. The molecule has 34 heavy (non-hydrogen) atoms. The Bertz CT molecular complexity index is 1050. The van der Waals surface area contributed by atoms with Crippen molar-refractivity contribution >= 4 is 29.1 Å². The SMILES string of the molecule is CC(=O)Nc1ccc(N2C[C@@]34C=C[C@@H](O3)C(C(=O)NC3CC(C)(C)NC(C)(C)C3)C4C2=O)cc1. The van der Waals surface area contributed by atoms with Gasteiger partial charge in [-0.3, -0.25) is 14.4 Å². The molecule has 8 nitrogen and oxygen atoms in total. The number of nitrogens with zero attached hydrogens (tertiary/aromatic N) is 1. The molecule has 0 radical (unpaired) electrons. The van der Waals surface area contributed by atoms with Crippen molar-refractivity contribution in [1.29, 1.82) is 0 Å². The minimum atomic E-state index is -0.771. The number of anilines is 2. The highest BCUT2D eigenvalue weighted by molar-refractivity contribution is 6.03. The minimum Gasteiger partial charge on any atom is -0.360 e. The van der Waals surface area contributed by atoms with Crippen molar-refractivity contribution in [2.75, 3.05) is 16.8 Å². The fraction of sp³-hybridized carbons (Fsp3) is 0.577. The largest absolute Gasteiger partial charge is 0.360 e. The fourth-order valence-corrected chi connectivity index (χ4v) is 6.67. The van der Waals surface area contributed by atoms with Crippen LogP contribution in [0.5, 0.6) is 0 Å². The zero-order chi connectivity index (χ0) is 24.5. The van der Waals surface area contributed by atoms with Crippen LogP contribution in [0.4, 0.5) is 11.4 Å². The molecule has 2 bridgehead atoms. The van der Waals surface area contributed by atoms with Crippen molar-refractivity contribution in [2.45, 2.75) is 76.3 Å². The predicted molar refractivity (Wildman–Crippen MR) is 129 cm³/mol. The Balaban J connectivity index is 1.34. The summed E-state index contributed by atoms with van der Waals surface area (Å²) >= 11 is 0. The van der Waals surface area contributed by atoms with E-state index in [4.69, 9.17) is 4.74 Å². The van der Waals surface area contributed by atoms with E-state index in [2.05, 4.69) is 43.6 Å². The van der Waals surface area contributed by atoms with Crippen LogP contribution in [0.2, 0.25) is 0 Å². The van der Waals surface area contributed by atoms with Gasteiger partial charge in [-0.25, -0.2) is 0 Å². The number of carbonyl (C=O) groups excluding carboxylic acids is 3. The van der Waals surface area contributed by atoms with Gasteiger partial charge in [0.15, 0.2) is 0 Å². The molecule has 3 fully saturated rings. The first kappa shape index (κ1) is 23.1. The van der Waals surface area contributed by atoms with E-state index < -0.39 is 17.4 Å². The lowest BCUT2D eigenvalue weighted by Gasteiger charge is -2.47. The number of ether oxygens (including phenoxy) is 1. The van der Waals surface area contributed by atoms with Crippen LogP contribution in [0.3, 0.4) is 0 Å². The van der Waals surface area contributed by atoms with E-state index in [1.165, 1.54) is 6.92 Å². The van der Waals surface area contributed by atoms with E-state index in [1.807, 2.05) is 24.3 Å². The van der Waals surface area contributed by atoms with Gasteiger partial charge in [0.25, 0.3) is 0 Å². The first-order valence-electron chi connectivity index (χ1n) is 12.0. The average molecular weight is 467 g/mol. The van der Waals surface area contributed by atoms with Gasteiger partial charge in [0, 0.05) is 35.4 Å². The van der Waals surface area contributed by atoms with Crippen LogP contribution in [0.1, 0.15) is 47.5 Å². The molecule has 4 heterocycles. The highest BCUT2D eigenvalue weighted by Crippen LogP contribution is 2.52. The maximum Gasteiger partial charge on any atom is 0.234 e. The quantitative estimate of drug-likeness (QED) is 0.592. The number of rotatable bonds is 4. The van der Waals surface area contributed by atoms with Crippen molar-refractivity contribution in [3.63, 3.8) is 0 Å². The number of piperidine rings is 1. The Labute approximate surface area is 200 Å². The molecule has 2 unspecified atom stereocenters. The van der Waals surface area contributed by atoms with Gasteiger partial charge >= 0.3 is 0 Å². The zero-order valence-corrected chi connectivity index (χ0v) is 20.5. The standard InChI is InChI=1S/C26H34N4O4/c1-15(31)27-16-6-8-18(9-7-16)30-14-26-11-10-19(34-26)20(21(26)23(30)33)22(32)28-17-12-24(2,3)29-25(4,5)13-17/h6-11,17,19-21,29H,12-14H2,1-5H3,(H,27,31)(H,28,32)/t19-,20?,21?,26-/m1/s1. The first-order valence-corrected chi connectivity index (χ1v) is 12.0. The third-order valence-electron chi connectivity index (χ3n) is 7.44. The lowest BCUT2D eigenvalue weighted by atomic mass is 9.75. The van der Waals surface area contributed by atoms with Gasteiger partial charge < -0.3 is 25.6 Å². The summed E-state index contributed by atoms with van der Waals surface area (Å²) in [6, 6.07) is 7.20. The van der Waals surface area contributed by atoms with Crippen LogP contribution in [0.25, 0.3) is 0 Å². The second kappa shape index (κ2) is 7.65. The molecule has 3 amide bonds. The van der Waals surface area contributed by atoms with E-state index in [9.17, 15) is 14.4 Å². The summed E-state index contributed by atoms with van der Waals surface area (Å²) in [5, 5.41) is 9.64. The Kier molecular flexibility index (Phi) is 5.19. The van der Waals surface area contributed by atoms with Crippen molar-refractivity contribution < 1.29 is 19.1 Å². The molecule has 182 valence electrons. The lowest BCUT2D eigenvalue weighted by molar-refractivity contribution is -0.132. The molecule has 3 saturated heterocycles. The van der Waals surface area contributed by atoms with Crippen LogP contribution in [-0.2, 0) is 19.1 Å². The monoisotopic (exact) mass is 466 g/mol. The molecular formula is C26H34N4O4. The van der Waals surface area contributed by atoms with Crippen molar-refractivity contribution in [1.82, 2.24) is 10.6 Å². The highest BCUT2D eigenvalue weighted by Gasteiger charge is 2.67. The smallest absolute Gasteiger partial charge is 0.234 e. The van der Waals surface area contributed by atoms with Crippen molar-refractivity contribution in [2.24, 2.45) is 11.8 Å².